The van der Waals surface area contributed by atoms with Crippen LogP contribution in [0, 0.1) is 5.92 Å². The quantitative estimate of drug-likeness (QED) is 0.887. The molecule has 0 bridgehead atoms. The summed E-state index contributed by atoms with van der Waals surface area (Å²) in [5.74, 6) is -0.397. The third-order valence-electron chi connectivity index (χ3n) is 4.71. The number of halogens is 3. The van der Waals surface area contributed by atoms with Gasteiger partial charge in [0.15, 0.2) is 0 Å². The van der Waals surface area contributed by atoms with Crippen LogP contribution in [-0.4, -0.2) is 32.1 Å². The fourth-order valence-corrected chi connectivity index (χ4v) is 3.34. The molecule has 0 radical (unpaired) electrons. The predicted octanol–water partition coefficient (Wildman–Crippen LogP) is 3.24. The average Bonchev–Trinajstić information content (AvgIpc) is 3.09. The predicted molar refractivity (Wildman–Crippen MR) is 87.1 cm³/mol. The number of benzene rings is 1. The first-order chi connectivity index (χ1) is 11.4. The molecule has 4 nitrogen and oxygen atoms in total. The minimum Gasteiger partial charge on any atom is -0.370 e. The summed E-state index contributed by atoms with van der Waals surface area (Å²) >= 11 is 0. The Bertz CT molecular complexity index is 591. The van der Waals surface area contributed by atoms with Crippen molar-refractivity contribution in [3.63, 3.8) is 0 Å². The van der Waals surface area contributed by atoms with E-state index in [0.29, 0.717) is 18.7 Å². The number of nitrogens with zero attached hydrogens (tertiary/aromatic N) is 1. The van der Waals surface area contributed by atoms with Gasteiger partial charge in [-0.15, -0.1) is 0 Å². The second-order valence-electron chi connectivity index (χ2n) is 6.46. The zero-order valence-electron chi connectivity index (χ0n) is 13.5. The third-order valence-corrected chi connectivity index (χ3v) is 4.71. The lowest BCUT2D eigenvalue weighted by Gasteiger charge is -2.31. The summed E-state index contributed by atoms with van der Waals surface area (Å²) < 4.78 is 39.1. The number of nitrogens with one attached hydrogen (secondary N) is 2. The van der Waals surface area contributed by atoms with E-state index in [4.69, 9.17) is 0 Å². The number of carbonyl (C=O) groups excluding carboxylic acids is 1. The molecule has 132 valence electrons. The Balaban J connectivity index is 1.87. The molecule has 1 amide bonds. The smallest absolute Gasteiger partial charge is 0.370 e. The summed E-state index contributed by atoms with van der Waals surface area (Å²) in [6.07, 6.45) is -0.548. The molecule has 0 aliphatic carbocycles. The van der Waals surface area contributed by atoms with Crippen LogP contribution in [0.15, 0.2) is 18.2 Å². The van der Waals surface area contributed by atoms with Crippen LogP contribution in [0.25, 0.3) is 0 Å². The van der Waals surface area contributed by atoms with Crippen molar-refractivity contribution in [3.05, 3.63) is 23.8 Å². The van der Waals surface area contributed by atoms with Crippen LogP contribution in [-0.2, 0) is 11.0 Å². The molecule has 1 unspecified atom stereocenters. The molecule has 2 fully saturated rings. The van der Waals surface area contributed by atoms with E-state index < -0.39 is 11.7 Å². The van der Waals surface area contributed by atoms with E-state index in [1.807, 2.05) is 0 Å². The highest BCUT2D eigenvalue weighted by molar-refractivity contribution is 5.96. The van der Waals surface area contributed by atoms with Crippen LogP contribution < -0.4 is 15.5 Å². The number of amides is 1. The van der Waals surface area contributed by atoms with Gasteiger partial charge in [0.2, 0.25) is 5.91 Å². The van der Waals surface area contributed by atoms with Crippen LogP contribution in [0.1, 0.15) is 31.2 Å². The lowest BCUT2D eigenvalue weighted by atomic mass is 10.1. The van der Waals surface area contributed by atoms with Gasteiger partial charge in [-0.3, -0.25) is 4.79 Å². The van der Waals surface area contributed by atoms with Gasteiger partial charge in [-0.1, -0.05) is 0 Å². The Morgan fingerprint density at radius 1 is 1.21 bits per heavy atom. The second kappa shape index (κ2) is 7.01. The van der Waals surface area contributed by atoms with E-state index in [-0.39, 0.29) is 17.5 Å². The summed E-state index contributed by atoms with van der Waals surface area (Å²) in [7, 11) is 0. The van der Waals surface area contributed by atoms with E-state index >= 15 is 0 Å². The molecular weight excluding hydrogens is 319 g/mol. The number of piperidine rings is 1. The molecule has 3 rings (SSSR count). The minimum absolute atomic E-state index is 0.186. The SMILES string of the molecule is O=C(Nc1cc(C(F)(F)F)ccc1N1CCCCC1)C1CCNC1. The molecule has 0 saturated carbocycles. The molecule has 1 atom stereocenters. The topological polar surface area (TPSA) is 44.4 Å². The Kier molecular flexibility index (Phi) is 4.99. The highest BCUT2D eigenvalue weighted by Gasteiger charge is 2.32. The van der Waals surface area contributed by atoms with Gasteiger partial charge in [-0.2, -0.15) is 13.2 Å². The minimum atomic E-state index is -4.42. The van der Waals surface area contributed by atoms with Crippen molar-refractivity contribution >= 4 is 17.3 Å². The summed E-state index contributed by atoms with van der Waals surface area (Å²) in [5.41, 5.74) is 0.216. The first-order valence-electron chi connectivity index (χ1n) is 8.43. The number of hydrogen-bond donors (Lipinski definition) is 2. The Morgan fingerprint density at radius 2 is 1.96 bits per heavy atom. The molecule has 1 aromatic rings. The number of anilines is 2. The highest BCUT2D eigenvalue weighted by atomic mass is 19.4. The van der Waals surface area contributed by atoms with Crippen LogP contribution >= 0.6 is 0 Å². The van der Waals surface area contributed by atoms with Crippen molar-refractivity contribution in [3.8, 4) is 0 Å². The first kappa shape index (κ1) is 17.1. The van der Waals surface area contributed by atoms with Crippen molar-refractivity contribution < 1.29 is 18.0 Å². The molecule has 7 heteroatoms. The zero-order valence-corrected chi connectivity index (χ0v) is 13.5. The lowest BCUT2D eigenvalue weighted by molar-refractivity contribution is -0.137. The Labute approximate surface area is 139 Å². The molecule has 24 heavy (non-hydrogen) atoms. The van der Waals surface area contributed by atoms with E-state index in [2.05, 4.69) is 15.5 Å². The van der Waals surface area contributed by atoms with Crippen molar-refractivity contribution in [2.45, 2.75) is 31.9 Å². The number of alkyl halides is 3. The maximum absolute atomic E-state index is 13.0. The molecule has 2 saturated heterocycles. The third kappa shape index (κ3) is 3.83. The molecule has 2 aliphatic heterocycles. The largest absolute Gasteiger partial charge is 0.416 e. The van der Waals surface area contributed by atoms with E-state index in [9.17, 15) is 18.0 Å². The Hall–Kier alpha value is -1.76. The number of rotatable bonds is 3. The van der Waals surface area contributed by atoms with Crippen molar-refractivity contribution in [1.82, 2.24) is 5.32 Å². The average molecular weight is 341 g/mol. The number of carbonyl (C=O) groups is 1. The van der Waals surface area contributed by atoms with Gasteiger partial charge in [0.1, 0.15) is 0 Å². The fourth-order valence-electron chi connectivity index (χ4n) is 3.34. The van der Waals surface area contributed by atoms with E-state index in [1.54, 1.807) is 0 Å². The van der Waals surface area contributed by atoms with Crippen LogP contribution in [0.2, 0.25) is 0 Å². The molecule has 2 N–H and O–H groups in total. The van der Waals surface area contributed by atoms with E-state index in [0.717, 1.165) is 51.0 Å². The Morgan fingerprint density at radius 3 is 2.58 bits per heavy atom. The maximum atomic E-state index is 13.0. The molecule has 1 aromatic carbocycles. The molecule has 0 aromatic heterocycles. The summed E-state index contributed by atoms with van der Waals surface area (Å²) in [6.45, 7) is 2.95. The van der Waals surface area contributed by atoms with Crippen molar-refractivity contribution in [2.24, 2.45) is 5.92 Å². The fraction of sp³-hybridized carbons (Fsp3) is 0.588. The van der Waals surface area contributed by atoms with Gasteiger partial charge in [0.25, 0.3) is 0 Å². The monoisotopic (exact) mass is 341 g/mol. The molecule has 2 heterocycles. The highest BCUT2D eigenvalue weighted by Crippen LogP contribution is 2.36. The van der Waals surface area contributed by atoms with Crippen LogP contribution in [0.4, 0.5) is 24.5 Å². The zero-order chi connectivity index (χ0) is 17.2. The van der Waals surface area contributed by atoms with Crippen molar-refractivity contribution in [1.29, 1.82) is 0 Å². The van der Waals surface area contributed by atoms with Crippen LogP contribution in [0.3, 0.4) is 0 Å². The first-order valence-corrected chi connectivity index (χ1v) is 8.43. The van der Waals surface area contributed by atoms with Gasteiger partial charge < -0.3 is 15.5 Å². The van der Waals surface area contributed by atoms with Gasteiger partial charge in [0, 0.05) is 19.6 Å². The summed E-state index contributed by atoms with van der Waals surface area (Å²) in [6, 6.07) is 3.64. The normalized spacial score (nSPS) is 21.8. The molecule has 2 aliphatic rings. The lowest BCUT2D eigenvalue weighted by Crippen LogP contribution is -2.31. The van der Waals surface area contributed by atoms with E-state index in [1.165, 1.54) is 6.07 Å². The molecular formula is C17H22F3N3O. The second-order valence-corrected chi connectivity index (χ2v) is 6.46. The van der Waals surface area contributed by atoms with Gasteiger partial charge in [-0.25, -0.2) is 0 Å². The van der Waals surface area contributed by atoms with Crippen LogP contribution in [0.5, 0.6) is 0 Å². The standard InChI is InChI=1S/C17H22F3N3O/c18-17(19,20)13-4-5-15(23-8-2-1-3-9-23)14(10-13)22-16(24)12-6-7-21-11-12/h4-5,10,12,21H,1-3,6-9,11H2,(H,22,24). The van der Waals surface area contributed by atoms with Gasteiger partial charge >= 0.3 is 6.18 Å². The maximum Gasteiger partial charge on any atom is 0.416 e. The summed E-state index contributed by atoms with van der Waals surface area (Å²) in [4.78, 5) is 14.4. The summed E-state index contributed by atoms with van der Waals surface area (Å²) in [5, 5.41) is 5.84. The van der Waals surface area contributed by atoms with Gasteiger partial charge in [-0.05, 0) is 50.4 Å². The van der Waals surface area contributed by atoms with Gasteiger partial charge in [0.05, 0.1) is 22.9 Å². The van der Waals surface area contributed by atoms with Crippen molar-refractivity contribution in [2.75, 3.05) is 36.4 Å². The molecule has 0 spiro atoms. The number of hydrogen-bond acceptors (Lipinski definition) is 3.